The highest BCUT2D eigenvalue weighted by Crippen LogP contribution is 2.29. The van der Waals surface area contributed by atoms with Crippen molar-refractivity contribution < 1.29 is 13.3 Å². The number of anilines is 1. The van der Waals surface area contributed by atoms with Gasteiger partial charge in [-0.2, -0.15) is 0 Å². The molecule has 1 aromatic rings. The quantitative estimate of drug-likeness (QED) is 0.617. The van der Waals surface area contributed by atoms with Gasteiger partial charge >= 0.3 is 5.88 Å². The van der Waals surface area contributed by atoms with Crippen molar-refractivity contribution >= 4 is 15.5 Å². The van der Waals surface area contributed by atoms with E-state index in [9.17, 15) is 18.5 Å². The van der Waals surface area contributed by atoms with E-state index in [4.69, 9.17) is 0 Å². The van der Waals surface area contributed by atoms with Crippen molar-refractivity contribution in [2.24, 2.45) is 0 Å². The van der Waals surface area contributed by atoms with Gasteiger partial charge in [0.15, 0.2) is 0 Å². The van der Waals surface area contributed by atoms with E-state index < -0.39 is 20.6 Å². The Bertz CT molecular complexity index is 598. The number of sulfone groups is 1. The Morgan fingerprint density at radius 2 is 2.16 bits per heavy atom. The molecule has 1 heterocycles. The van der Waals surface area contributed by atoms with Crippen molar-refractivity contribution in [2.45, 2.75) is 24.7 Å². The summed E-state index contributed by atoms with van der Waals surface area (Å²) in [5.74, 6) is -1.06. The minimum absolute atomic E-state index is 0.0308. The Balaban J connectivity index is 2.42. The molecule has 104 valence electrons. The lowest BCUT2D eigenvalue weighted by Crippen LogP contribution is -2.29. The van der Waals surface area contributed by atoms with Crippen LogP contribution in [0.4, 0.5) is 5.69 Å². The highest BCUT2D eigenvalue weighted by atomic mass is 32.2. The molecule has 0 N–H and O–H groups in total. The van der Waals surface area contributed by atoms with E-state index in [1.807, 2.05) is 6.92 Å². The van der Waals surface area contributed by atoms with Gasteiger partial charge in [0.1, 0.15) is 0 Å². The van der Waals surface area contributed by atoms with Gasteiger partial charge in [-0.05, 0) is 37.5 Å². The molecule has 1 aliphatic rings. The van der Waals surface area contributed by atoms with E-state index in [0.29, 0.717) is 0 Å². The van der Waals surface area contributed by atoms with Gasteiger partial charge in [0.2, 0.25) is 9.84 Å². The maximum atomic E-state index is 11.9. The summed E-state index contributed by atoms with van der Waals surface area (Å²) in [6.07, 6.45) is 1.96. The Kier molecular flexibility index (Phi) is 3.75. The van der Waals surface area contributed by atoms with Crippen LogP contribution < -0.4 is 4.90 Å². The summed E-state index contributed by atoms with van der Waals surface area (Å²) in [6, 6.07) is 4.80. The van der Waals surface area contributed by atoms with Gasteiger partial charge < -0.3 is 4.90 Å². The molecule has 6 nitrogen and oxygen atoms in total. The molecule has 0 bridgehead atoms. The van der Waals surface area contributed by atoms with E-state index in [-0.39, 0.29) is 4.90 Å². The average Bonchev–Trinajstić information content (AvgIpc) is 2.35. The minimum Gasteiger partial charge on any atom is -0.372 e. The molecule has 0 radical (unpaired) electrons. The minimum atomic E-state index is -3.85. The molecule has 0 unspecified atom stereocenters. The fourth-order valence-electron chi connectivity index (χ4n) is 2.37. The lowest BCUT2D eigenvalue weighted by Gasteiger charge is -2.30. The zero-order valence-corrected chi connectivity index (χ0v) is 11.5. The van der Waals surface area contributed by atoms with Crippen LogP contribution in [0.5, 0.6) is 0 Å². The van der Waals surface area contributed by atoms with Crippen LogP contribution in [0, 0.1) is 10.1 Å². The molecule has 0 spiro atoms. The van der Waals surface area contributed by atoms with E-state index in [2.05, 4.69) is 4.90 Å². The van der Waals surface area contributed by atoms with Crippen LogP contribution in [0.2, 0.25) is 0 Å². The first-order valence-corrected chi connectivity index (χ1v) is 7.81. The number of nitro groups is 1. The smallest absolute Gasteiger partial charge is 0.305 e. The third kappa shape index (κ3) is 2.86. The normalized spacial score (nSPS) is 15.1. The number of nitrogens with zero attached hydrogens (tertiary/aromatic N) is 2. The second-order valence-corrected chi connectivity index (χ2v) is 6.51. The van der Waals surface area contributed by atoms with E-state index in [0.717, 1.165) is 37.2 Å². The molecule has 19 heavy (non-hydrogen) atoms. The molecule has 0 saturated carbocycles. The number of hydrogen-bond acceptors (Lipinski definition) is 5. The maximum Gasteiger partial charge on any atom is 0.305 e. The largest absolute Gasteiger partial charge is 0.372 e. The first-order chi connectivity index (χ1) is 8.94. The standard InChI is InChI=1S/C12H16N2O4S/c1-2-13-7-3-4-10-5-6-11(8-12(10)13)19(17,18)9-14(15)16/h5-6,8H,2-4,7,9H2,1H3. The predicted molar refractivity (Wildman–Crippen MR) is 71.7 cm³/mol. The van der Waals surface area contributed by atoms with Gasteiger partial charge in [0, 0.05) is 23.7 Å². The SMILES string of the molecule is CCN1CCCc2ccc(S(=O)(=O)C[N+](=O)[O-])cc21. The number of aryl methyl sites for hydroxylation is 1. The lowest BCUT2D eigenvalue weighted by molar-refractivity contribution is -0.458. The zero-order valence-electron chi connectivity index (χ0n) is 10.7. The first kappa shape index (κ1) is 13.8. The molecule has 1 aromatic carbocycles. The summed E-state index contributed by atoms with van der Waals surface area (Å²) >= 11 is 0. The second kappa shape index (κ2) is 5.16. The van der Waals surface area contributed by atoms with Crippen molar-refractivity contribution in [3.8, 4) is 0 Å². The van der Waals surface area contributed by atoms with E-state index in [1.165, 1.54) is 6.07 Å². The molecular weight excluding hydrogens is 268 g/mol. The molecule has 0 atom stereocenters. The third-order valence-electron chi connectivity index (χ3n) is 3.29. The Hall–Kier alpha value is -1.63. The van der Waals surface area contributed by atoms with Crippen LogP contribution >= 0.6 is 0 Å². The molecule has 7 heteroatoms. The van der Waals surface area contributed by atoms with Crippen LogP contribution in [0.3, 0.4) is 0 Å². The molecule has 0 amide bonds. The molecular formula is C12H16N2O4S. The van der Waals surface area contributed by atoms with Gasteiger partial charge in [-0.3, -0.25) is 10.1 Å². The van der Waals surface area contributed by atoms with Crippen molar-refractivity contribution in [1.82, 2.24) is 0 Å². The maximum absolute atomic E-state index is 11.9. The Labute approximate surface area is 112 Å². The summed E-state index contributed by atoms with van der Waals surface area (Å²) in [7, 11) is -3.85. The average molecular weight is 284 g/mol. The molecule has 0 aromatic heterocycles. The highest BCUT2D eigenvalue weighted by molar-refractivity contribution is 7.91. The van der Waals surface area contributed by atoms with Crippen LogP contribution in [-0.4, -0.2) is 32.3 Å². The summed E-state index contributed by atoms with van der Waals surface area (Å²) in [5, 5.41) is 10.4. The fraction of sp³-hybridized carbons (Fsp3) is 0.500. The summed E-state index contributed by atoms with van der Waals surface area (Å²) < 4.78 is 23.7. The molecule has 0 saturated heterocycles. The van der Waals surface area contributed by atoms with Crippen molar-refractivity contribution in [3.63, 3.8) is 0 Å². The lowest BCUT2D eigenvalue weighted by atomic mass is 10.0. The summed E-state index contributed by atoms with van der Waals surface area (Å²) in [5.41, 5.74) is 1.99. The number of hydrogen-bond donors (Lipinski definition) is 0. The highest BCUT2D eigenvalue weighted by Gasteiger charge is 2.24. The van der Waals surface area contributed by atoms with Crippen molar-refractivity contribution in [1.29, 1.82) is 0 Å². The van der Waals surface area contributed by atoms with E-state index >= 15 is 0 Å². The van der Waals surface area contributed by atoms with Crippen LogP contribution in [-0.2, 0) is 16.3 Å². The van der Waals surface area contributed by atoms with E-state index in [1.54, 1.807) is 12.1 Å². The molecule has 0 aliphatic carbocycles. The van der Waals surface area contributed by atoms with Crippen LogP contribution in [0.1, 0.15) is 18.9 Å². The molecule has 0 fully saturated rings. The topological polar surface area (TPSA) is 80.5 Å². The zero-order chi connectivity index (χ0) is 14.0. The Morgan fingerprint density at radius 1 is 1.42 bits per heavy atom. The van der Waals surface area contributed by atoms with Crippen molar-refractivity contribution in [2.75, 3.05) is 23.9 Å². The fourth-order valence-corrected chi connectivity index (χ4v) is 3.36. The van der Waals surface area contributed by atoms with Gasteiger partial charge in [-0.15, -0.1) is 0 Å². The van der Waals surface area contributed by atoms with Gasteiger partial charge in [-0.25, -0.2) is 8.42 Å². The van der Waals surface area contributed by atoms with Crippen LogP contribution in [0.15, 0.2) is 23.1 Å². The van der Waals surface area contributed by atoms with Crippen LogP contribution in [0.25, 0.3) is 0 Å². The van der Waals surface area contributed by atoms with Crippen molar-refractivity contribution in [3.05, 3.63) is 33.9 Å². The molecule has 1 aliphatic heterocycles. The van der Waals surface area contributed by atoms with Gasteiger partial charge in [0.25, 0.3) is 0 Å². The molecule has 2 rings (SSSR count). The number of benzene rings is 1. The summed E-state index contributed by atoms with van der Waals surface area (Å²) in [6.45, 7) is 3.70. The predicted octanol–water partition coefficient (Wildman–Crippen LogP) is 1.47. The third-order valence-corrected chi connectivity index (χ3v) is 4.81. The Morgan fingerprint density at radius 3 is 2.79 bits per heavy atom. The number of fused-ring (bicyclic) bond motifs is 1. The first-order valence-electron chi connectivity index (χ1n) is 6.16. The van der Waals surface area contributed by atoms with Gasteiger partial charge in [0.05, 0.1) is 4.90 Å². The van der Waals surface area contributed by atoms with Gasteiger partial charge in [-0.1, -0.05) is 6.07 Å². The number of rotatable bonds is 4. The summed E-state index contributed by atoms with van der Waals surface area (Å²) in [4.78, 5) is 11.7. The monoisotopic (exact) mass is 284 g/mol. The second-order valence-electron chi connectivity index (χ2n) is 4.55.